The van der Waals surface area contributed by atoms with Gasteiger partial charge in [0.05, 0.1) is 0 Å². The Morgan fingerprint density at radius 2 is 2.18 bits per heavy atom. The first kappa shape index (κ1) is 12.4. The van der Waals surface area contributed by atoms with E-state index in [0.29, 0.717) is 6.04 Å². The van der Waals surface area contributed by atoms with Crippen molar-refractivity contribution in [3.63, 3.8) is 0 Å². The summed E-state index contributed by atoms with van der Waals surface area (Å²) in [5.41, 5.74) is 0. The molecule has 0 atom stereocenters. The summed E-state index contributed by atoms with van der Waals surface area (Å²) >= 11 is 0. The summed E-state index contributed by atoms with van der Waals surface area (Å²) in [6, 6.07) is 0.675. The van der Waals surface area contributed by atoms with Gasteiger partial charge in [0.25, 0.3) is 0 Å². The van der Waals surface area contributed by atoms with Gasteiger partial charge in [0.1, 0.15) is 0 Å². The maximum absolute atomic E-state index is 4.42. The van der Waals surface area contributed by atoms with Crippen molar-refractivity contribution in [2.45, 2.75) is 38.1 Å². The quantitative estimate of drug-likeness (QED) is 0.770. The first-order chi connectivity index (χ1) is 8.27. The van der Waals surface area contributed by atoms with Crippen LogP contribution in [-0.4, -0.2) is 41.6 Å². The maximum Gasteiger partial charge on any atom is 0.203 e. The Balaban J connectivity index is 1.82. The van der Waals surface area contributed by atoms with Crippen LogP contribution >= 0.6 is 0 Å². The third-order valence-electron chi connectivity index (χ3n) is 3.45. The van der Waals surface area contributed by atoms with Crippen molar-refractivity contribution in [3.05, 3.63) is 12.4 Å². The first-order valence-corrected chi connectivity index (χ1v) is 6.69. The van der Waals surface area contributed by atoms with Crippen molar-refractivity contribution in [1.29, 1.82) is 0 Å². The van der Waals surface area contributed by atoms with Gasteiger partial charge in [-0.3, -0.25) is 0 Å². The Hall–Kier alpha value is -1.03. The molecule has 1 heterocycles. The number of nitrogens with one attached hydrogen (secondary N) is 1. The Morgan fingerprint density at radius 3 is 2.88 bits per heavy atom. The molecule has 1 saturated carbocycles. The molecule has 0 saturated heterocycles. The molecule has 1 aromatic heterocycles. The predicted octanol–water partition coefficient (Wildman–Crippen LogP) is 2.36. The molecular weight excluding hydrogens is 212 g/mol. The predicted molar refractivity (Wildman–Crippen MR) is 71.4 cm³/mol. The van der Waals surface area contributed by atoms with Gasteiger partial charge in [-0.05, 0) is 39.9 Å². The molecule has 1 N–H and O–H groups in total. The van der Waals surface area contributed by atoms with E-state index in [2.05, 4.69) is 40.1 Å². The highest BCUT2D eigenvalue weighted by molar-refractivity contribution is 5.26. The van der Waals surface area contributed by atoms with Gasteiger partial charge in [0, 0.05) is 25.0 Å². The second-order valence-corrected chi connectivity index (χ2v) is 5.18. The SMILES string of the molecule is CN(C)CCCNc1nccn1C1CCCC1. The molecule has 1 aliphatic carbocycles. The van der Waals surface area contributed by atoms with Crippen LogP contribution in [0.2, 0.25) is 0 Å². The molecule has 0 radical (unpaired) electrons. The monoisotopic (exact) mass is 236 g/mol. The van der Waals surface area contributed by atoms with E-state index in [0.717, 1.165) is 25.5 Å². The van der Waals surface area contributed by atoms with Crippen molar-refractivity contribution in [2.75, 3.05) is 32.5 Å². The van der Waals surface area contributed by atoms with Crippen molar-refractivity contribution < 1.29 is 0 Å². The molecule has 0 unspecified atom stereocenters. The summed E-state index contributed by atoms with van der Waals surface area (Å²) in [5.74, 6) is 1.05. The summed E-state index contributed by atoms with van der Waals surface area (Å²) in [7, 11) is 4.22. The third-order valence-corrected chi connectivity index (χ3v) is 3.45. The van der Waals surface area contributed by atoms with E-state index in [-0.39, 0.29) is 0 Å². The van der Waals surface area contributed by atoms with E-state index in [9.17, 15) is 0 Å². The zero-order valence-corrected chi connectivity index (χ0v) is 11.0. The fourth-order valence-electron chi connectivity index (χ4n) is 2.52. The van der Waals surface area contributed by atoms with E-state index in [1.165, 1.54) is 25.7 Å². The Morgan fingerprint density at radius 1 is 1.41 bits per heavy atom. The highest BCUT2D eigenvalue weighted by Gasteiger charge is 2.18. The number of imidazole rings is 1. The summed E-state index contributed by atoms with van der Waals surface area (Å²) in [5, 5.41) is 3.45. The van der Waals surface area contributed by atoms with Crippen LogP contribution in [0.1, 0.15) is 38.1 Å². The molecule has 2 rings (SSSR count). The summed E-state index contributed by atoms with van der Waals surface area (Å²) < 4.78 is 2.32. The summed E-state index contributed by atoms with van der Waals surface area (Å²) in [4.78, 5) is 6.63. The smallest absolute Gasteiger partial charge is 0.203 e. The molecular formula is C13H24N4. The van der Waals surface area contributed by atoms with E-state index in [1.54, 1.807) is 0 Å². The van der Waals surface area contributed by atoms with E-state index in [1.807, 2.05) is 6.20 Å². The summed E-state index contributed by atoms with van der Waals surface area (Å²) in [6.45, 7) is 2.12. The molecule has 4 nitrogen and oxygen atoms in total. The lowest BCUT2D eigenvalue weighted by atomic mass is 10.2. The van der Waals surface area contributed by atoms with Crippen LogP contribution in [0.25, 0.3) is 0 Å². The minimum atomic E-state index is 0.675. The largest absolute Gasteiger partial charge is 0.356 e. The van der Waals surface area contributed by atoms with Gasteiger partial charge in [-0.15, -0.1) is 0 Å². The van der Waals surface area contributed by atoms with Gasteiger partial charge in [0.15, 0.2) is 0 Å². The highest BCUT2D eigenvalue weighted by Crippen LogP contribution is 2.31. The molecule has 0 bridgehead atoms. The van der Waals surface area contributed by atoms with Crippen molar-refractivity contribution in [2.24, 2.45) is 0 Å². The average Bonchev–Trinajstić information content (AvgIpc) is 2.94. The molecule has 0 amide bonds. The Kier molecular flexibility index (Phi) is 4.42. The molecule has 0 aromatic carbocycles. The Bertz CT molecular complexity index is 326. The fourth-order valence-corrected chi connectivity index (χ4v) is 2.52. The second-order valence-electron chi connectivity index (χ2n) is 5.18. The average molecular weight is 236 g/mol. The molecule has 1 aromatic rings. The Labute approximate surface area is 104 Å². The number of hydrogen-bond acceptors (Lipinski definition) is 3. The zero-order valence-electron chi connectivity index (χ0n) is 11.0. The van der Waals surface area contributed by atoms with Crippen LogP contribution < -0.4 is 5.32 Å². The minimum Gasteiger partial charge on any atom is -0.356 e. The van der Waals surface area contributed by atoms with Gasteiger partial charge in [-0.1, -0.05) is 12.8 Å². The van der Waals surface area contributed by atoms with Gasteiger partial charge >= 0.3 is 0 Å². The van der Waals surface area contributed by atoms with Crippen LogP contribution in [0.5, 0.6) is 0 Å². The lowest BCUT2D eigenvalue weighted by Crippen LogP contribution is -2.18. The maximum atomic E-state index is 4.42. The zero-order chi connectivity index (χ0) is 12.1. The fraction of sp³-hybridized carbons (Fsp3) is 0.769. The van der Waals surface area contributed by atoms with Gasteiger partial charge < -0.3 is 14.8 Å². The molecule has 17 heavy (non-hydrogen) atoms. The van der Waals surface area contributed by atoms with Crippen molar-refractivity contribution >= 4 is 5.95 Å². The molecule has 4 heteroatoms. The number of hydrogen-bond donors (Lipinski definition) is 1. The van der Waals surface area contributed by atoms with Crippen molar-refractivity contribution in [3.8, 4) is 0 Å². The lowest BCUT2D eigenvalue weighted by molar-refractivity contribution is 0.404. The number of anilines is 1. The number of aromatic nitrogens is 2. The molecule has 1 fully saturated rings. The van der Waals surface area contributed by atoms with Gasteiger partial charge in [0.2, 0.25) is 5.95 Å². The number of rotatable bonds is 6. The summed E-state index contributed by atoms with van der Waals surface area (Å²) in [6.07, 6.45) is 10.5. The van der Waals surface area contributed by atoms with Crippen LogP contribution in [0, 0.1) is 0 Å². The van der Waals surface area contributed by atoms with Crippen LogP contribution in [0.15, 0.2) is 12.4 Å². The van der Waals surface area contributed by atoms with Crippen LogP contribution in [0.3, 0.4) is 0 Å². The standard InChI is InChI=1S/C13H24N4/c1-16(2)10-5-8-14-13-15-9-11-17(13)12-6-3-4-7-12/h9,11-12H,3-8,10H2,1-2H3,(H,14,15). The van der Waals surface area contributed by atoms with Crippen LogP contribution in [-0.2, 0) is 0 Å². The molecule has 0 spiro atoms. The first-order valence-electron chi connectivity index (χ1n) is 6.69. The third kappa shape index (κ3) is 3.46. The molecule has 1 aliphatic rings. The molecule has 96 valence electrons. The lowest BCUT2D eigenvalue weighted by Gasteiger charge is -2.16. The second kappa shape index (κ2) is 6.05. The van der Waals surface area contributed by atoms with E-state index in [4.69, 9.17) is 0 Å². The van der Waals surface area contributed by atoms with Gasteiger partial charge in [-0.25, -0.2) is 4.98 Å². The topological polar surface area (TPSA) is 33.1 Å². The highest BCUT2D eigenvalue weighted by atomic mass is 15.2. The van der Waals surface area contributed by atoms with Crippen molar-refractivity contribution in [1.82, 2.24) is 14.5 Å². The van der Waals surface area contributed by atoms with E-state index < -0.39 is 0 Å². The van der Waals surface area contributed by atoms with E-state index >= 15 is 0 Å². The minimum absolute atomic E-state index is 0.675. The normalized spacial score (nSPS) is 16.9. The van der Waals surface area contributed by atoms with Crippen LogP contribution in [0.4, 0.5) is 5.95 Å². The van der Waals surface area contributed by atoms with Gasteiger partial charge in [-0.2, -0.15) is 0 Å². The molecule has 0 aliphatic heterocycles. The number of nitrogens with zero attached hydrogens (tertiary/aromatic N) is 3.